The molecule has 0 aliphatic carbocycles. The average Bonchev–Trinajstić information content (AvgIpc) is 2.95. The average molecular weight is 797 g/mol. The maximum Gasteiger partial charge on any atom is 0.0613 e. The molecule has 5 rings (SSSR count). The van der Waals surface area contributed by atoms with E-state index >= 15 is 0 Å². The van der Waals surface area contributed by atoms with E-state index in [0.29, 0.717) is 6.42 Å². The zero-order valence-electron chi connectivity index (χ0n) is 30.0. The summed E-state index contributed by atoms with van der Waals surface area (Å²) < 4.78 is 0. The second kappa shape index (κ2) is 13.9. The second-order valence-corrected chi connectivity index (χ2v) is 16.9. The van der Waals surface area contributed by atoms with Gasteiger partial charge in [-0.15, -0.1) is 23.8 Å². The number of fused-ring (bicyclic) bond motifs is 6. The van der Waals surface area contributed by atoms with Crippen molar-refractivity contribution < 1.29 is 30.3 Å². The fourth-order valence-corrected chi connectivity index (χ4v) is 5.47. The molecule has 0 fully saturated rings. The van der Waals surface area contributed by atoms with E-state index in [4.69, 9.17) is 0 Å². The van der Waals surface area contributed by atoms with Crippen LogP contribution in [0.4, 0.5) is 0 Å². The van der Waals surface area contributed by atoms with Crippen molar-refractivity contribution in [2.45, 2.75) is 113 Å². The van der Waals surface area contributed by atoms with E-state index in [9.17, 15) is 10.2 Å². The molecule has 4 aromatic carbocycles. The van der Waals surface area contributed by atoms with Crippen molar-refractivity contribution in [2.75, 3.05) is 0 Å². The summed E-state index contributed by atoms with van der Waals surface area (Å²) in [5, 5.41) is 27.2. The number of hydrogen-bond acceptors (Lipinski definition) is 3. The van der Waals surface area contributed by atoms with Gasteiger partial charge in [0.2, 0.25) is 0 Å². The van der Waals surface area contributed by atoms with Crippen LogP contribution in [0.15, 0.2) is 72.9 Å². The first kappa shape index (κ1) is 37.8. The van der Waals surface area contributed by atoms with Crippen molar-refractivity contribution in [3.63, 3.8) is 0 Å². The quantitative estimate of drug-likeness (QED) is 0.141. The van der Waals surface area contributed by atoms with Crippen LogP contribution < -0.4 is 0 Å². The molecule has 3 nitrogen and oxygen atoms in total. The van der Waals surface area contributed by atoms with Crippen LogP contribution in [-0.2, 0) is 30.9 Å². The Hall–Kier alpha value is -2.62. The van der Waals surface area contributed by atoms with Gasteiger partial charge in [0.1, 0.15) is 0 Å². The minimum absolute atomic E-state index is 0. The molecule has 249 valence electrons. The number of hydrogen-bond donors (Lipinski definition) is 2. The third-order valence-corrected chi connectivity index (χ3v) is 8.98. The summed E-state index contributed by atoms with van der Waals surface area (Å²) in [4.78, 5) is 4.68. The third kappa shape index (κ3) is 8.64. The number of rotatable bonds is 3. The number of pyridine rings is 1. The third-order valence-electron chi connectivity index (χ3n) is 8.98. The predicted molar refractivity (Wildman–Crippen MR) is 194 cm³/mol. The van der Waals surface area contributed by atoms with Gasteiger partial charge in [-0.2, -0.15) is 0 Å². The molecule has 5 aromatic rings. The van der Waals surface area contributed by atoms with Crippen molar-refractivity contribution in [3.05, 3.63) is 90.1 Å². The van der Waals surface area contributed by atoms with Crippen molar-refractivity contribution in [3.8, 4) is 11.3 Å². The zero-order chi connectivity index (χ0) is 33.5. The number of aliphatic hydroxyl groups excluding tert-OH is 2. The first-order valence-electron chi connectivity index (χ1n) is 16.3. The van der Waals surface area contributed by atoms with Crippen LogP contribution in [0.25, 0.3) is 43.6 Å². The Balaban J connectivity index is 0.000000352. The van der Waals surface area contributed by atoms with Crippen LogP contribution >= 0.6 is 0 Å². The first-order chi connectivity index (χ1) is 20.7. The Morgan fingerprint density at radius 3 is 1.57 bits per heavy atom. The van der Waals surface area contributed by atoms with Crippen molar-refractivity contribution >= 4 is 32.3 Å². The predicted octanol–water partition coefficient (Wildman–Crippen LogP) is 10.8. The van der Waals surface area contributed by atoms with Crippen LogP contribution in [0.5, 0.6) is 0 Å². The standard InChI is InChI=1S/C31H30N.C11H24O2.Ir/c1-30(2,3)21-12-14-26-25-13-11-20(29-19-22(15-16-32-29)31(4,5)6)17-27(25)23-9-7-8-10-24(23)28(26)18-21;1-10(2,3)8(12)7-9(13)11(4,5)6;/h7-10,12-19H,1-6H3;8-9,12-13H,7H2,1-6H3;/q-1;;. The summed E-state index contributed by atoms with van der Waals surface area (Å²) in [7, 11) is 0. The van der Waals surface area contributed by atoms with Crippen LogP contribution in [0, 0.1) is 16.9 Å². The van der Waals surface area contributed by atoms with Gasteiger partial charge in [-0.1, -0.05) is 148 Å². The van der Waals surface area contributed by atoms with Crippen molar-refractivity contribution in [1.82, 2.24) is 4.98 Å². The topological polar surface area (TPSA) is 53.4 Å². The molecule has 46 heavy (non-hydrogen) atoms. The molecule has 0 aliphatic rings. The summed E-state index contributed by atoms with van der Waals surface area (Å²) in [6.07, 6.45) is 1.48. The molecule has 1 heterocycles. The molecule has 0 bridgehead atoms. The van der Waals surface area contributed by atoms with E-state index in [0.717, 1.165) is 11.3 Å². The van der Waals surface area contributed by atoms with Gasteiger partial charge in [-0.3, -0.25) is 0 Å². The summed E-state index contributed by atoms with van der Waals surface area (Å²) in [5.41, 5.74) is 4.57. The van der Waals surface area contributed by atoms with Gasteiger partial charge in [-0.25, -0.2) is 0 Å². The molecular formula is C42H54IrNO2-. The van der Waals surface area contributed by atoms with Gasteiger partial charge in [-0.05, 0) is 60.7 Å². The van der Waals surface area contributed by atoms with Gasteiger partial charge in [0, 0.05) is 32.7 Å². The summed E-state index contributed by atoms with van der Waals surface area (Å²) in [5.74, 6) is 0. The largest absolute Gasteiger partial charge is 0.392 e. The summed E-state index contributed by atoms with van der Waals surface area (Å²) >= 11 is 0. The Morgan fingerprint density at radius 2 is 1.07 bits per heavy atom. The second-order valence-electron chi connectivity index (χ2n) is 16.9. The van der Waals surface area contributed by atoms with E-state index in [1.165, 1.54) is 43.4 Å². The van der Waals surface area contributed by atoms with Crippen LogP contribution in [0.1, 0.15) is 101 Å². The number of benzene rings is 4. The van der Waals surface area contributed by atoms with Crippen molar-refractivity contribution in [2.24, 2.45) is 10.8 Å². The molecule has 0 saturated heterocycles. The maximum absolute atomic E-state index is 9.76. The molecule has 2 atom stereocenters. The van der Waals surface area contributed by atoms with E-state index in [1.807, 2.05) is 47.7 Å². The van der Waals surface area contributed by atoms with Gasteiger partial charge in [0.05, 0.1) is 12.2 Å². The summed E-state index contributed by atoms with van der Waals surface area (Å²) in [6, 6.07) is 28.0. The molecule has 1 aromatic heterocycles. The van der Waals surface area contributed by atoms with Crippen molar-refractivity contribution in [1.29, 1.82) is 0 Å². The van der Waals surface area contributed by atoms with Crippen LogP contribution in [0.2, 0.25) is 0 Å². The Morgan fingerprint density at radius 1 is 0.587 bits per heavy atom. The molecule has 4 heteroatoms. The minimum atomic E-state index is -0.443. The number of aromatic nitrogens is 1. The monoisotopic (exact) mass is 797 g/mol. The molecule has 0 saturated carbocycles. The van der Waals surface area contributed by atoms with Crippen LogP contribution in [0.3, 0.4) is 0 Å². The zero-order valence-corrected chi connectivity index (χ0v) is 32.4. The molecule has 2 unspecified atom stereocenters. The molecule has 0 spiro atoms. The Kier molecular flexibility index (Phi) is 11.4. The van der Waals surface area contributed by atoms with Gasteiger partial charge >= 0.3 is 0 Å². The normalized spacial score (nSPS) is 14.0. The Labute approximate surface area is 291 Å². The van der Waals surface area contributed by atoms with Gasteiger partial charge in [0.25, 0.3) is 0 Å². The van der Waals surface area contributed by atoms with E-state index in [1.54, 1.807) is 0 Å². The van der Waals surface area contributed by atoms with Crippen LogP contribution in [-0.4, -0.2) is 27.4 Å². The molecule has 0 aliphatic heterocycles. The maximum atomic E-state index is 9.76. The molecule has 0 amide bonds. The fraction of sp³-hybridized carbons (Fsp3) is 0.452. The first-order valence-corrected chi connectivity index (χ1v) is 16.3. The number of aliphatic hydroxyl groups is 2. The minimum Gasteiger partial charge on any atom is -0.392 e. The number of nitrogens with zero attached hydrogens (tertiary/aromatic N) is 1. The van der Waals surface area contributed by atoms with E-state index < -0.39 is 12.2 Å². The summed E-state index contributed by atoms with van der Waals surface area (Å²) in [6.45, 7) is 25.4. The van der Waals surface area contributed by atoms with E-state index in [2.05, 4.69) is 119 Å². The molecule has 2 N–H and O–H groups in total. The van der Waals surface area contributed by atoms with E-state index in [-0.39, 0.29) is 41.8 Å². The fourth-order valence-electron chi connectivity index (χ4n) is 5.47. The van der Waals surface area contributed by atoms with Gasteiger partial charge in [0.15, 0.2) is 0 Å². The Bertz CT molecular complexity index is 1760. The SMILES string of the molecule is CC(C)(C)C(O)CC(O)C(C)(C)C.CC(C)(C)c1ccnc(-c2[c-]cc3c4ccc(C(C)(C)C)cc4c4ccccc4c3c2)c1.[Ir]. The molecule has 1 radical (unpaired) electrons. The van der Waals surface area contributed by atoms with Gasteiger partial charge < -0.3 is 15.2 Å². The molecular weight excluding hydrogens is 743 g/mol. The smallest absolute Gasteiger partial charge is 0.0613 e.